The summed E-state index contributed by atoms with van der Waals surface area (Å²) in [6.45, 7) is 8.74. The van der Waals surface area contributed by atoms with Gasteiger partial charge < -0.3 is 4.74 Å². The molecule has 1 nitrogen and oxygen atoms in total. The van der Waals surface area contributed by atoms with Gasteiger partial charge in [-0.05, 0) is 52.9 Å². The average Bonchev–Trinajstić information content (AvgIpc) is 2.14. The molecule has 1 fully saturated rings. The van der Waals surface area contributed by atoms with Gasteiger partial charge in [0.15, 0.2) is 0 Å². The van der Waals surface area contributed by atoms with Gasteiger partial charge in [-0.3, -0.25) is 0 Å². The van der Waals surface area contributed by atoms with E-state index >= 15 is 0 Å². The highest BCUT2D eigenvalue weighted by Gasteiger charge is 2.44. The third kappa shape index (κ3) is 2.85. The second-order valence-electron chi connectivity index (χ2n) is 5.20. The van der Waals surface area contributed by atoms with Crippen molar-refractivity contribution in [2.45, 2.75) is 58.2 Å². The Balaban J connectivity index is 2.54. The lowest BCUT2D eigenvalue weighted by Crippen LogP contribution is -2.29. The summed E-state index contributed by atoms with van der Waals surface area (Å²) in [4.78, 5) is 0. The SMILES string of the molecule is CC1(C)CC(CCCCl)C(C)(C)O1. The van der Waals surface area contributed by atoms with Gasteiger partial charge in [-0.2, -0.15) is 0 Å². The van der Waals surface area contributed by atoms with Gasteiger partial charge in [0.25, 0.3) is 0 Å². The first-order chi connectivity index (χ1) is 5.87. The van der Waals surface area contributed by atoms with E-state index in [-0.39, 0.29) is 11.2 Å². The molecule has 0 saturated carbocycles. The smallest absolute Gasteiger partial charge is 0.0662 e. The van der Waals surface area contributed by atoms with Crippen LogP contribution in [0.4, 0.5) is 0 Å². The standard InChI is InChI=1S/C11H21ClO/c1-10(2)8-9(6-5-7-12)11(3,4)13-10/h9H,5-8H2,1-4H3. The molecule has 1 rings (SSSR count). The predicted octanol–water partition coefficient (Wildman–Crippen LogP) is 3.60. The van der Waals surface area contributed by atoms with Gasteiger partial charge in [-0.1, -0.05) is 0 Å². The summed E-state index contributed by atoms with van der Waals surface area (Å²) in [5, 5.41) is 0. The fourth-order valence-corrected chi connectivity index (χ4v) is 2.60. The Morgan fingerprint density at radius 1 is 1.31 bits per heavy atom. The number of rotatable bonds is 3. The first-order valence-corrected chi connectivity index (χ1v) is 5.67. The molecule has 0 aliphatic carbocycles. The molecule has 0 N–H and O–H groups in total. The zero-order valence-corrected chi connectivity index (χ0v) is 9.95. The summed E-state index contributed by atoms with van der Waals surface area (Å²) in [5.74, 6) is 1.44. The molecule has 1 heterocycles. The van der Waals surface area contributed by atoms with Crippen LogP contribution in [-0.2, 0) is 4.74 Å². The van der Waals surface area contributed by atoms with Crippen molar-refractivity contribution in [3.8, 4) is 0 Å². The van der Waals surface area contributed by atoms with Crippen molar-refractivity contribution in [3.63, 3.8) is 0 Å². The largest absolute Gasteiger partial charge is 0.369 e. The van der Waals surface area contributed by atoms with Crippen LogP contribution < -0.4 is 0 Å². The fraction of sp³-hybridized carbons (Fsp3) is 1.00. The quantitative estimate of drug-likeness (QED) is 0.639. The van der Waals surface area contributed by atoms with E-state index in [2.05, 4.69) is 27.7 Å². The zero-order valence-electron chi connectivity index (χ0n) is 9.19. The molecule has 0 radical (unpaired) electrons. The monoisotopic (exact) mass is 204 g/mol. The summed E-state index contributed by atoms with van der Waals surface area (Å²) >= 11 is 5.70. The van der Waals surface area contributed by atoms with Crippen molar-refractivity contribution in [2.24, 2.45) is 5.92 Å². The molecule has 1 unspecified atom stereocenters. The molecule has 0 aromatic rings. The van der Waals surface area contributed by atoms with E-state index in [1.165, 1.54) is 6.42 Å². The molecule has 0 aromatic carbocycles. The maximum atomic E-state index is 6.00. The van der Waals surface area contributed by atoms with E-state index in [0.717, 1.165) is 18.7 Å². The van der Waals surface area contributed by atoms with Crippen molar-refractivity contribution in [2.75, 3.05) is 5.88 Å². The molecular weight excluding hydrogens is 184 g/mol. The topological polar surface area (TPSA) is 9.23 Å². The summed E-state index contributed by atoms with van der Waals surface area (Å²) in [7, 11) is 0. The van der Waals surface area contributed by atoms with Crippen LogP contribution in [0.25, 0.3) is 0 Å². The summed E-state index contributed by atoms with van der Waals surface area (Å²) < 4.78 is 6.00. The minimum absolute atomic E-state index is 0.0373. The Bertz CT molecular complexity index is 175. The average molecular weight is 205 g/mol. The van der Waals surface area contributed by atoms with E-state index in [1.54, 1.807) is 0 Å². The second kappa shape index (κ2) is 3.78. The van der Waals surface area contributed by atoms with Crippen LogP contribution in [0.15, 0.2) is 0 Å². The molecular formula is C11H21ClO. The van der Waals surface area contributed by atoms with E-state index in [0.29, 0.717) is 5.92 Å². The molecule has 13 heavy (non-hydrogen) atoms. The van der Waals surface area contributed by atoms with Gasteiger partial charge in [0.05, 0.1) is 11.2 Å². The summed E-state index contributed by atoms with van der Waals surface area (Å²) in [6.07, 6.45) is 3.46. The predicted molar refractivity (Wildman–Crippen MR) is 57.3 cm³/mol. The molecule has 0 spiro atoms. The molecule has 1 aliphatic heterocycles. The fourth-order valence-electron chi connectivity index (χ4n) is 2.45. The van der Waals surface area contributed by atoms with Crippen molar-refractivity contribution < 1.29 is 4.74 Å². The molecule has 78 valence electrons. The number of ether oxygens (including phenoxy) is 1. The number of hydrogen-bond donors (Lipinski definition) is 0. The maximum Gasteiger partial charge on any atom is 0.0662 e. The maximum absolute atomic E-state index is 6.00. The molecule has 1 saturated heterocycles. The summed E-state index contributed by atoms with van der Waals surface area (Å²) in [5.41, 5.74) is 0.0933. The lowest BCUT2D eigenvalue weighted by Gasteiger charge is -2.27. The van der Waals surface area contributed by atoms with E-state index in [4.69, 9.17) is 16.3 Å². The molecule has 0 aromatic heterocycles. The number of halogens is 1. The number of hydrogen-bond acceptors (Lipinski definition) is 1. The minimum atomic E-state index is 0.0373. The van der Waals surface area contributed by atoms with Crippen LogP contribution in [0.3, 0.4) is 0 Å². The normalized spacial score (nSPS) is 30.7. The van der Waals surface area contributed by atoms with Gasteiger partial charge in [0.1, 0.15) is 0 Å². The highest BCUT2D eigenvalue weighted by atomic mass is 35.5. The lowest BCUT2D eigenvalue weighted by molar-refractivity contribution is -0.0751. The molecule has 0 amide bonds. The lowest BCUT2D eigenvalue weighted by atomic mass is 9.84. The Hall–Kier alpha value is 0.250. The molecule has 1 aliphatic rings. The second-order valence-corrected chi connectivity index (χ2v) is 5.58. The Morgan fingerprint density at radius 2 is 1.92 bits per heavy atom. The van der Waals surface area contributed by atoms with E-state index in [1.807, 2.05) is 0 Å². The van der Waals surface area contributed by atoms with Crippen molar-refractivity contribution in [1.82, 2.24) is 0 Å². The van der Waals surface area contributed by atoms with Crippen molar-refractivity contribution >= 4 is 11.6 Å². The van der Waals surface area contributed by atoms with Crippen LogP contribution in [-0.4, -0.2) is 17.1 Å². The van der Waals surface area contributed by atoms with Crippen LogP contribution in [0, 0.1) is 5.92 Å². The molecule has 1 atom stereocenters. The van der Waals surface area contributed by atoms with Crippen LogP contribution in [0.2, 0.25) is 0 Å². The van der Waals surface area contributed by atoms with E-state index in [9.17, 15) is 0 Å². The van der Waals surface area contributed by atoms with Crippen molar-refractivity contribution in [3.05, 3.63) is 0 Å². The van der Waals surface area contributed by atoms with Gasteiger partial charge >= 0.3 is 0 Å². The minimum Gasteiger partial charge on any atom is -0.369 e. The van der Waals surface area contributed by atoms with Crippen LogP contribution in [0.5, 0.6) is 0 Å². The van der Waals surface area contributed by atoms with Crippen LogP contribution >= 0.6 is 11.6 Å². The van der Waals surface area contributed by atoms with E-state index < -0.39 is 0 Å². The first kappa shape index (κ1) is 11.3. The first-order valence-electron chi connectivity index (χ1n) is 5.13. The Kier molecular flexibility index (Phi) is 3.29. The Labute approximate surface area is 86.8 Å². The van der Waals surface area contributed by atoms with Crippen LogP contribution in [0.1, 0.15) is 47.0 Å². The highest BCUT2D eigenvalue weighted by molar-refractivity contribution is 6.17. The van der Waals surface area contributed by atoms with Gasteiger partial charge in [0, 0.05) is 5.88 Å². The third-order valence-electron chi connectivity index (χ3n) is 2.95. The van der Waals surface area contributed by atoms with Gasteiger partial charge in [-0.25, -0.2) is 0 Å². The molecule has 2 heteroatoms. The van der Waals surface area contributed by atoms with Gasteiger partial charge in [0.2, 0.25) is 0 Å². The molecule has 0 bridgehead atoms. The zero-order chi connectivity index (χ0) is 10.1. The van der Waals surface area contributed by atoms with Crippen molar-refractivity contribution in [1.29, 1.82) is 0 Å². The Morgan fingerprint density at radius 3 is 2.31 bits per heavy atom. The summed E-state index contributed by atoms with van der Waals surface area (Å²) in [6, 6.07) is 0. The van der Waals surface area contributed by atoms with Gasteiger partial charge in [-0.15, -0.1) is 11.6 Å². The highest BCUT2D eigenvalue weighted by Crippen LogP contribution is 2.43. The number of alkyl halides is 1. The third-order valence-corrected chi connectivity index (χ3v) is 3.21.